The second-order valence-electron chi connectivity index (χ2n) is 1.90. The zero-order valence-corrected chi connectivity index (χ0v) is 4.68. The molecular weight excluding hydrogens is 104 g/mol. The molecule has 1 atom stereocenters. The molecule has 1 rings (SSSR count). The topological polar surface area (TPSA) is 41.1 Å². The first kappa shape index (κ1) is 5.72. The van der Waals surface area contributed by atoms with Gasteiger partial charge in [0.15, 0.2) is 0 Å². The van der Waals surface area contributed by atoms with Crippen LogP contribution in [-0.4, -0.2) is 32.0 Å². The van der Waals surface area contributed by atoms with Crippen LogP contribution in [0.3, 0.4) is 0 Å². The third-order valence-electron chi connectivity index (χ3n) is 1.24. The molecule has 0 spiro atoms. The van der Waals surface area contributed by atoms with E-state index in [1.54, 1.807) is 0 Å². The summed E-state index contributed by atoms with van der Waals surface area (Å²) in [4.78, 5) is 10.1. The molecule has 1 fully saturated rings. The van der Waals surface area contributed by atoms with Gasteiger partial charge in [-0.05, 0) is 0 Å². The molecule has 3 heteroatoms. The van der Waals surface area contributed by atoms with Gasteiger partial charge in [0, 0.05) is 19.6 Å². The van der Waals surface area contributed by atoms with E-state index in [1.165, 1.54) is 0 Å². The lowest BCUT2D eigenvalue weighted by atomic mass is 10.3. The Balaban J connectivity index is 2.22. The first-order valence-electron chi connectivity index (χ1n) is 2.83. The van der Waals surface area contributed by atoms with E-state index < -0.39 is 0 Å². The summed E-state index contributed by atoms with van der Waals surface area (Å²) in [7, 11) is 0. The molecule has 0 aromatic rings. The van der Waals surface area contributed by atoms with Crippen molar-refractivity contribution in [3.8, 4) is 0 Å². The highest BCUT2D eigenvalue weighted by Crippen LogP contribution is 1.79. The number of hydrogen-bond acceptors (Lipinski definition) is 3. The Kier molecular flexibility index (Phi) is 2.00. The van der Waals surface area contributed by atoms with E-state index in [9.17, 15) is 4.79 Å². The second kappa shape index (κ2) is 2.79. The molecule has 0 aromatic heterocycles. The number of piperazine rings is 1. The van der Waals surface area contributed by atoms with Crippen LogP contribution in [0.15, 0.2) is 0 Å². The van der Waals surface area contributed by atoms with E-state index in [2.05, 4.69) is 10.6 Å². The predicted molar refractivity (Wildman–Crippen MR) is 30.7 cm³/mol. The molecule has 0 radical (unpaired) electrons. The van der Waals surface area contributed by atoms with E-state index in [-0.39, 0.29) is 6.04 Å². The minimum Gasteiger partial charge on any atom is -0.313 e. The summed E-state index contributed by atoms with van der Waals surface area (Å²) in [5, 5.41) is 6.13. The van der Waals surface area contributed by atoms with Crippen LogP contribution in [0.5, 0.6) is 0 Å². The van der Waals surface area contributed by atoms with Crippen molar-refractivity contribution in [2.75, 3.05) is 19.6 Å². The molecule has 0 unspecified atom stereocenters. The van der Waals surface area contributed by atoms with Gasteiger partial charge in [-0.2, -0.15) is 0 Å². The Morgan fingerprint density at radius 2 is 2.38 bits per heavy atom. The maximum absolute atomic E-state index is 10.1. The van der Waals surface area contributed by atoms with Gasteiger partial charge in [-0.15, -0.1) is 0 Å². The fraction of sp³-hybridized carbons (Fsp3) is 0.800. The van der Waals surface area contributed by atoms with Gasteiger partial charge < -0.3 is 15.4 Å². The van der Waals surface area contributed by atoms with Crippen LogP contribution in [-0.2, 0) is 4.79 Å². The largest absolute Gasteiger partial charge is 0.313 e. The Bertz CT molecular complexity index is 78.5. The molecule has 0 bridgehead atoms. The van der Waals surface area contributed by atoms with Gasteiger partial charge in [0.05, 0.1) is 6.04 Å². The second-order valence-corrected chi connectivity index (χ2v) is 1.90. The smallest absolute Gasteiger partial charge is 0.138 e. The Labute approximate surface area is 48.5 Å². The van der Waals surface area contributed by atoms with Crippen molar-refractivity contribution in [1.82, 2.24) is 10.6 Å². The Hall–Kier alpha value is -0.410. The summed E-state index contributed by atoms with van der Waals surface area (Å²) in [6.45, 7) is 2.66. The molecule has 0 saturated carbocycles. The van der Waals surface area contributed by atoms with Crippen molar-refractivity contribution in [2.24, 2.45) is 0 Å². The average molecular weight is 114 g/mol. The Morgan fingerprint density at radius 3 is 2.75 bits per heavy atom. The summed E-state index contributed by atoms with van der Waals surface area (Å²) >= 11 is 0. The normalized spacial score (nSPS) is 29.8. The maximum atomic E-state index is 10.1. The van der Waals surface area contributed by atoms with Crippen molar-refractivity contribution in [3.05, 3.63) is 0 Å². The zero-order valence-electron chi connectivity index (χ0n) is 4.68. The lowest BCUT2D eigenvalue weighted by Gasteiger charge is -2.18. The third-order valence-corrected chi connectivity index (χ3v) is 1.24. The van der Waals surface area contributed by atoms with Crippen LogP contribution in [0.2, 0.25) is 0 Å². The highest BCUT2D eigenvalue weighted by Gasteiger charge is 2.08. The minimum atomic E-state index is 0.0451. The van der Waals surface area contributed by atoms with Crippen molar-refractivity contribution in [3.63, 3.8) is 0 Å². The SMILES string of the molecule is O=C[C@@H]1CNCCN1. The molecule has 1 heterocycles. The number of aldehydes is 1. The third kappa shape index (κ3) is 1.28. The van der Waals surface area contributed by atoms with Crippen LogP contribution < -0.4 is 10.6 Å². The van der Waals surface area contributed by atoms with Gasteiger partial charge in [0.2, 0.25) is 0 Å². The molecule has 0 aromatic carbocycles. The standard InChI is InChI=1S/C5H10N2O/c8-4-5-3-6-1-2-7-5/h4-7H,1-3H2/t5-/m0/s1. The van der Waals surface area contributed by atoms with Crippen molar-refractivity contribution in [2.45, 2.75) is 6.04 Å². The molecule has 3 nitrogen and oxygen atoms in total. The summed E-state index contributed by atoms with van der Waals surface area (Å²) in [6.07, 6.45) is 0.937. The van der Waals surface area contributed by atoms with E-state index in [1.807, 2.05) is 0 Å². The molecule has 1 aliphatic rings. The number of rotatable bonds is 1. The van der Waals surface area contributed by atoms with Gasteiger partial charge in [-0.25, -0.2) is 0 Å². The van der Waals surface area contributed by atoms with Crippen LogP contribution in [0.1, 0.15) is 0 Å². The van der Waals surface area contributed by atoms with E-state index in [0.717, 1.165) is 25.9 Å². The van der Waals surface area contributed by atoms with Gasteiger partial charge in [-0.1, -0.05) is 0 Å². The zero-order chi connectivity index (χ0) is 5.82. The predicted octanol–water partition coefficient (Wildman–Crippen LogP) is -1.25. The van der Waals surface area contributed by atoms with Crippen LogP contribution >= 0.6 is 0 Å². The van der Waals surface area contributed by atoms with Gasteiger partial charge in [0.1, 0.15) is 6.29 Å². The van der Waals surface area contributed by atoms with Crippen molar-refractivity contribution < 1.29 is 4.79 Å². The lowest BCUT2D eigenvalue weighted by molar-refractivity contribution is -0.109. The monoisotopic (exact) mass is 114 g/mol. The fourth-order valence-corrected chi connectivity index (χ4v) is 0.772. The summed E-state index contributed by atoms with van der Waals surface area (Å²) in [5.74, 6) is 0. The fourth-order valence-electron chi connectivity index (χ4n) is 0.772. The van der Waals surface area contributed by atoms with Gasteiger partial charge in [-0.3, -0.25) is 0 Å². The van der Waals surface area contributed by atoms with Crippen LogP contribution in [0.4, 0.5) is 0 Å². The number of hydrogen-bond donors (Lipinski definition) is 2. The van der Waals surface area contributed by atoms with E-state index in [0.29, 0.717) is 0 Å². The molecule has 0 amide bonds. The van der Waals surface area contributed by atoms with E-state index >= 15 is 0 Å². The minimum absolute atomic E-state index is 0.0451. The van der Waals surface area contributed by atoms with Crippen molar-refractivity contribution >= 4 is 6.29 Å². The Morgan fingerprint density at radius 1 is 1.50 bits per heavy atom. The summed E-state index contributed by atoms with van der Waals surface area (Å²) in [6, 6.07) is 0.0451. The summed E-state index contributed by atoms with van der Waals surface area (Å²) < 4.78 is 0. The maximum Gasteiger partial charge on any atom is 0.138 e. The van der Waals surface area contributed by atoms with Crippen LogP contribution in [0.25, 0.3) is 0 Å². The molecule has 2 N–H and O–H groups in total. The number of carbonyl (C=O) groups excluding carboxylic acids is 1. The first-order chi connectivity index (χ1) is 3.93. The van der Waals surface area contributed by atoms with Gasteiger partial charge >= 0.3 is 0 Å². The lowest BCUT2D eigenvalue weighted by Crippen LogP contribution is -2.48. The number of carbonyl (C=O) groups is 1. The molecule has 1 saturated heterocycles. The average Bonchev–Trinajstić information content (AvgIpc) is 1.90. The van der Waals surface area contributed by atoms with Gasteiger partial charge in [0.25, 0.3) is 0 Å². The molecule has 1 aliphatic heterocycles. The van der Waals surface area contributed by atoms with E-state index in [4.69, 9.17) is 0 Å². The number of nitrogens with one attached hydrogen (secondary N) is 2. The molecule has 46 valence electrons. The molecule has 0 aliphatic carbocycles. The quantitative estimate of drug-likeness (QED) is 0.418. The van der Waals surface area contributed by atoms with Crippen LogP contribution in [0, 0.1) is 0 Å². The molecular formula is C5H10N2O. The first-order valence-corrected chi connectivity index (χ1v) is 2.83. The van der Waals surface area contributed by atoms with Crippen molar-refractivity contribution in [1.29, 1.82) is 0 Å². The highest BCUT2D eigenvalue weighted by atomic mass is 16.1. The molecule has 8 heavy (non-hydrogen) atoms. The summed E-state index contributed by atoms with van der Waals surface area (Å²) in [5.41, 5.74) is 0. The highest BCUT2D eigenvalue weighted by molar-refractivity contribution is 5.58.